The number of methoxy groups -OCH3 is 1. The second kappa shape index (κ2) is 7.06. The van der Waals surface area contributed by atoms with Crippen molar-refractivity contribution in [2.75, 3.05) is 12.0 Å². The molecule has 1 aliphatic rings. The summed E-state index contributed by atoms with van der Waals surface area (Å²) in [5, 5.41) is 0.526. The van der Waals surface area contributed by atoms with Gasteiger partial charge in [-0.05, 0) is 34.9 Å². The summed E-state index contributed by atoms with van der Waals surface area (Å²) in [6.45, 7) is 0.376. The largest absolute Gasteiger partial charge is 0.497 e. The van der Waals surface area contributed by atoms with Gasteiger partial charge in [-0.25, -0.2) is 0 Å². The smallest absolute Gasteiger partial charge is 0.248 e. The Balaban J connectivity index is 1.86. The van der Waals surface area contributed by atoms with Gasteiger partial charge >= 0.3 is 0 Å². The Kier molecular flexibility index (Phi) is 4.60. The Morgan fingerprint density at radius 3 is 2.44 bits per heavy atom. The molecule has 3 aromatic carbocycles. The van der Waals surface area contributed by atoms with Gasteiger partial charge in [-0.15, -0.1) is 0 Å². The molecule has 0 aromatic heterocycles. The predicted molar refractivity (Wildman–Crippen MR) is 108 cm³/mol. The molecule has 0 bridgehead atoms. The summed E-state index contributed by atoms with van der Waals surface area (Å²) in [5.74, 6) is 0.591. The second-order valence-corrected chi connectivity index (χ2v) is 6.88. The molecule has 1 atom stereocenters. The van der Waals surface area contributed by atoms with Crippen molar-refractivity contribution in [1.82, 2.24) is 0 Å². The van der Waals surface area contributed by atoms with E-state index in [0.29, 0.717) is 17.3 Å². The highest BCUT2D eigenvalue weighted by atomic mass is 35.5. The highest BCUT2D eigenvalue weighted by Gasteiger charge is 2.33. The van der Waals surface area contributed by atoms with Crippen molar-refractivity contribution in [1.29, 1.82) is 0 Å². The van der Waals surface area contributed by atoms with Crippen LogP contribution in [0.2, 0.25) is 5.02 Å². The van der Waals surface area contributed by atoms with E-state index in [1.54, 1.807) is 18.1 Å². The van der Waals surface area contributed by atoms with E-state index in [9.17, 15) is 4.79 Å². The van der Waals surface area contributed by atoms with Gasteiger partial charge in [0, 0.05) is 5.56 Å². The predicted octanol–water partition coefficient (Wildman–Crippen LogP) is 4.56. The number of carbonyl (C=O) groups excluding carboxylic acids is 1. The Morgan fingerprint density at radius 1 is 1.00 bits per heavy atom. The minimum absolute atomic E-state index is 0.176. The first-order valence-corrected chi connectivity index (χ1v) is 9.05. The molecule has 4 rings (SSSR count). The van der Waals surface area contributed by atoms with E-state index in [1.807, 2.05) is 60.7 Å². The molecule has 0 radical (unpaired) electrons. The van der Waals surface area contributed by atoms with E-state index in [2.05, 4.69) is 0 Å². The molecule has 1 amide bonds. The number of halogens is 1. The maximum Gasteiger partial charge on any atom is 0.248 e. The fourth-order valence-electron chi connectivity index (χ4n) is 3.50. The zero-order valence-corrected chi connectivity index (χ0v) is 15.6. The number of anilines is 1. The van der Waals surface area contributed by atoms with Crippen LogP contribution in [0.3, 0.4) is 0 Å². The lowest BCUT2D eigenvalue weighted by atomic mass is 9.96. The molecule has 0 aliphatic carbocycles. The topological polar surface area (TPSA) is 55.6 Å². The molecular weight excluding hydrogens is 360 g/mol. The standard InChI is InChI=1S/C22H19ClN2O2/c1-27-15-11-9-14(10-12-15)13-25-21-18(7-4-8-19(21)23)16-5-2-3-6-17(16)20(24)22(25)26/h2-12,20H,13,24H2,1H3. The van der Waals surface area contributed by atoms with Crippen molar-refractivity contribution in [3.8, 4) is 16.9 Å². The van der Waals surface area contributed by atoms with Gasteiger partial charge in [0.2, 0.25) is 5.91 Å². The van der Waals surface area contributed by atoms with E-state index in [4.69, 9.17) is 22.1 Å². The van der Waals surface area contributed by atoms with Crippen LogP contribution in [-0.4, -0.2) is 13.0 Å². The quantitative estimate of drug-likeness (QED) is 0.726. The van der Waals surface area contributed by atoms with Gasteiger partial charge in [-0.3, -0.25) is 4.79 Å². The van der Waals surface area contributed by atoms with Gasteiger partial charge in [0.25, 0.3) is 0 Å². The highest BCUT2D eigenvalue weighted by Crippen LogP contribution is 2.43. The molecular formula is C22H19ClN2O2. The average molecular weight is 379 g/mol. The lowest BCUT2D eigenvalue weighted by Crippen LogP contribution is -2.37. The number of carbonyl (C=O) groups is 1. The molecule has 4 nitrogen and oxygen atoms in total. The molecule has 0 spiro atoms. The van der Waals surface area contributed by atoms with Gasteiger partial charge < -0.3 is 15.4 Å². The zero-order valence-electron chi connectivity index (χ0n) is 14.9. The number of para-hydroxylation sites is 1. The van der Waals surface area contributed by atoms with Gasteiger partial charge in [0.05, 0.1) is 24.4 Å². The zero-order chi connectivity index (χ0) is 19.0. The Bertz CT molecular complexity index is 1000. The van der Waals surface area contributed by atoms with Crippen LogP contribution in [0.25, 0.3) is 11.1 Å². The molecule has 1 heterocycles. The maximum atomic E-state index is 13.3. The van der Waals surface area contributed by atoms with Crippen LogP contribution in [0.15, 0.2) is 66.7 Å². The molecule has 27 heavy (non-hydrogen) atoms. The monoisotopic (exact) mass is 378 g/mol. The molecule has 2 N–H and O–H groups in total. The van der Waals surface area contributed by atoms with Gasteiger partial charge in [-0.1, -0.05) is 60.1 Å². The Hall–Kier alpha value is -2.82. The number of benzene rings is 3. The Labute approximate surface area is 163 Å². The van der Waals surface area contributed by atoms with Crippen molar-refractivity contribution >= 4 is 23.2 Å². The van der Waals surface area contributed by atoms with E-state index in [0.717, 1.165) is 28.0 Å². The SMILES string of the molecule is COc1ccc(CN2C(=O)C(N)c3ccccc3-c3cccc(Cl)c32)cc1. The number of hydrogen-bond donors (Lipinski definition) is 1. The number of ether oxygens (including phenoxy) is 1. The van der Waals surface area contributed by atoms with E-state index in [1.165, 1.54) is 0 Å². The third kappa shape index (κ3) is 3.07. The van der Waals surface area contributed by atoms with Gasteiger partial charge in [0.15, 0.2) is 0 Å². The van der Waals surface area contributed by atoms with Crippen LogP contribution in [0, 0.1) is 0 Å². The van der Waals surface area contributed by atoms with E-state index in [-0.39, 0.29) is 5.91 Å². The first-order chi connectivity index (χ1) is 13.1. The summed E-state index contributed by atoms with van der Waals surface area (Å²) < 4.78 is 5.21. The summed E-state index contributed by atoms with van der Waals surface area (Å²) in [5.41, 5.74) is 10.7. The lowest BCUT2D eigenvalue weighted by Gasteiger charge is -2.26. The van der Waals surface area contributed by atoms with Crippen LogP contribution in [0.4, 0.5) is 5.69 Å². The number of nitrogens with two attached hydrogens (primary N) is 1. The van der Waals surface area contributed by atoms with Crippen LogP contribution in [0.1, 0.15) is 17.2 Å². The highest BCUT2D eigenvalue weighted by molar-refractivity contribution is 6.35. The third-order valence-electron chi connectivity index (χ3n) is 4.87. The van der Waals surface area contributed by atoms with Crippen molar-refractivity contribution in [3.63, 3.8) is 0 Å². The minimum atomic E-state index is -0.747. The number of fused-ring (bicyclic) bond motifs is 3. The van der Waals surface area contributed by atoms with Crippen molar-refractivity contribution in [2.45, 2.75) is 12.6 Å². The number of nitrogens with zero attached hydrogens (tertiary/aromatic N) is 1. The lowest BCUT2D eigenvalue weighted by molar-refractivity contribution is -0.120. The second-order valence-electron chi connectivity index (χ2n) is 6.47. The van der Waals surface area contributed by atoms with Crippen LogP contribution < -0.4 is 15.4 Å². The third-order valence-corrected chi connectivity index (χ3v) is 5.18. The Morgan fingerprint density at radius 2 is 1.70 bits per heavy atom. The van der Waals surface area contributed by atoms with Crippen molar-refractivity contribution < 1.29 is 9.53 Å². The van der Waals surface area contributed by atoms with Crippen LogP contribution in [-0.2, 0) is 11.3 Å². The maximum absolute atomic E-state index is 13.3. The fourth-order valence-corrected chi connectivity index (χ4v) is 3.78. The first-order valence-electron chi connectivity index (χ1n) is 8.68. The molecule has 0 saturated carbocycles. The number of hydrogen-bond acceptors (Lipinski definition) is 3. The molecule has 3 aromatic rings. The van der Waals surface area contributed by atoms with Gasteiger partial charge in [0.1, 0.15) is 11.8 Å². The summed E-state index contributed by atoms with van der Waals surface area (Å²) in [6.07, 6.45) is 0. The van der Waals surface area contributed by atoms with Crippen LogP contribution in [0.5, 0.6) is 5.75 Å². The number of rotatable bonds is 3. The van der Waals surface area contributed by atoms with E-state index < -0.39 is 6.04 Å². The molecule has 1 unspecified atom stereocenters. The summed E-state index contributed by atoms with van der Waals surface area (Å²) in [6, 6.07) is 20.3. The fraction of sp³-hybridized carbons (Fsp3) is 0.136. The summed E-state index contributed by atoms with van der Waals surface area (Å²) in [7, 11) is 1.62. The molecule has 1 aliphatic heterocycles. The van der Waals surface area contributed by atoms with Crippen molar-refractivity contribution in [3.05, 3.63) is 82.9 Å². The average Bonchev–Trinajstić information content (AvgIpc) is 2.79. The first kappa shape index (κ1) is 17.6. The van der Waals surface area contributed by atoms with Gasteiger partial charge in [-0.2, -0.15) is 0 Å². The molecule has 0 saturated heterocycles. The molecule has 5 heteroatoms. The molecule has 0 fully saturated rings. The summed E-state index contributed by atoms with van der Waals surface area (Å²) >= 11 is 6.55. The number of amides is 1. The molecule has 136 valence electrons. The van der Waals surface area contributed by atoms with Crippen molar-refractivity contribution in [2.24, 2.45) is 5.73 Å². The minimum Gasteiger partial charge on any atom is -0.497 e. The normalized spacial score (nSPS) is 15.7. The van der Waals surface area contributed by atoms with E-state index >= 15 is 0 Å². The van der Waals surface area contributed by atoms with Crippen LogP contribution >= 0.6 is 11.6 Å². The summed E-state index contributed by atoms with van der Waals surface area (Å²) in [4.78, 5) is 15.0.